The lowest BCUT2D eigenvalue weighted by Crippen LogP contribution is -2.41. The molecule has 1 aliphatic heterocycles. The summed E-state index contributed by atoms with van der Waals surface area (Å²) >= 11 is 0. The molecule has 1 N–H and O–H groups in total. The molecule has 9 nitrogen and oxygen atoms in total. The molecule has 1 amide bonds. The highest BCUT2D eigenvalue weighted by Gasteiger charge is 2.30. The second kappa shape index (κ2) is 9.53. The number of nitrogens with zero attached hydrogens (tertiary/aromatic N) is 6. The van der Waals surface area contributed by atoms with Crippen LogP contribution in [-0.2, 0) is 11.3 Å². The van der Waals surface area contributed by atoms with Gasteiger partial charge in [0.1, 0.15) is 17.1 Å². The highest BCUT2D eigenvalue weighted by Crippen LogP contribution is 2.37. The number of rotatable bonds is 3. The van der Waals surface area contributed by atoms with Gasteiger partial charge in [-0.1, -0.05) is 32.3 Å². The molecule has 0 aromatic carbocycles. The number of carbonyl (C=O) groups is 1. The van der Waals surface area contributed by atoms with Gasteiger partial charge in [-0.25, -0.2) is 14.8 Å². The minimum Gasteiger partial charge on any atom is -0.444 e. The second-order valence-corrected chi connectivity index (χ2v) is 11.6. The lowest BCUT2D eigenvalue weighted by molar-refractivity contribution is 0.0207. The van der Waals surface area contributed by atoms with Crippen LogP contribution in [0.3, 0.4) is 0 Å². The third kappa shape index (κ3) is 4.66. The van der Waals surface area contributed by atoms with Crippen LogP contribution in [-0.4, -0.2) is 47.6 Å². The van der Waals surface area contributed by atoms with E-state index in [1.54, 1.807) is 4.90 Å². The molecule has 0 bridgehead atoms. The first-order valence-corrected chi connectivity index (χ1v) is 13.6. The first-order valence-electron chi connectivity index (χ1n) is 13.6. The van der Waals surface area contributed by atoms with Crippen molar-refractivity contribution < 1.29 is 9.53 Å². The summed E-state index contributed by atoms with van der Waals surface area (Å²) in [6.07, 6.45) is 11.5. The molecule has 1 fully saturated rings. The molecular formula is C29H35N7O2. The minimum atomic E-state index is -0.521. The van der Waals surface area contributed by atoms with Gasteiger partial charge in [-0.15, -0.1) is 0 Å². The van der Waals surface area contributed by atoms with E-state index in [1.165, 1.54) is 19.3 Å². The molecule has 1 aliphatic carbocycles. The first kappa shape index (κ1) is 24.6. The quantitative estimate of drug-likeness (QED) is 0.335. The van der Waals surface area contributed by atoms with Gasteiger partial charge in [-0.05, 0) is 51.3 Å². The zero-order valence-corrected chi connectivity index (χ0v) is 22.6. The average molecular weight is 514 g/mol. The van der Waals surface area contributed by atoms with Crippen LogP contribution in [0.15, 0.2) is 36.8 Å². The zero-order chi connectivity index (χ0) is 26.4. The van der Waals surface area contributed by atoms with Gasteiger partial charge in [0.05, 0.1) is 24.0 Å². The van der Waals surface area contributed by atoms with Crippen LogP contribution < -0.4 is 5.32 Å². The fraction of sp³-hybridized carbons (Fsp3) is 0.483. The van der Waals surface area contributed by atoms with E-state index < -0.39 is 5.60 Å². The van der Waals surface area contributed by atoms with E-state index in [0.717, 1.165) is 46.0 Å². The molecule has 9 heteroatoms. The number of amides is 1. The van der Waals surface area contributed by atoms with E-state index >= 15 is 0 Å². The number of anilines is 2. The number of ether oxygens (including phenoxy) is 1. The SMILES string of the molecule is CC1CN(C(=O)OC(C)(C)C)Cc2ccc(Nc3ncc4c5ccncc5n(C5CCCCC5)c4n3)nc21. The summed E-state index contributed by atoms with van der Waals surface area (Å²) in [5.74, 6) is 1.30. The van der Waals surface area contributed by atoms with Gasteiger partial charge in [0, 0.05) is 41.7 Å². The Morgan fingerprint density at radius 3 is 2.66 bits per heavy atom. The molecule has 5 heterocycles. The Hall–Kier alpha value is -3.75. The standard InChI is InChI=1S/C29H35N7O2/c1-18-16-35(28(37)38-29(2,3)4)17-19-10-11-24(32-25(18)19)33-27-31-14-22-21-12-13-30-15-23(21)36(26(22)34-27)20-8-6-5-7-9-20/h10-15,18,20H,5-9,16-17H2,1-4H3,(H,31,32,33,34). The van der Waals surface area contributed by atoms with Crippen LogP contribution in [0.2, 0.25) is 0 Å². The van der Waals surface area contributed by atoms with Crippen LogP contribution in [0.5, 0.6) is 0 Å². The highest BCUT2D eigenvalue weighted by molar-refractivity contribution is 6.06. The summed E-state index contributed by atoms with van der Waals surface area (Å²) in [7, 11) is 0. The van der Waals surface area contributed by atoms with Gasteiger partial charge in [0.2, 0.25) is 5.95 Å². The second-order valence-electron chi connectivity index (χ2n) is 11.6. The van der Waals surface area contributed by atoms with E-state index in [1.807, 2.05) is 51.5 Å². The maximum atomic E-state index is 12.6. The van der Waals surface area contributed by atoms with E-state index in [2.05, 4.69) is 32.8 Å². The van der Waals surface area contributed by atoms with Crippen LogP contribution >= 0.6 is 0 Å². The molecule has 2 aliphatic rings. The van der Waals surface area contributed by atoms with Crippen molar-refractivity contribution in [2.45, 2.75) is 83.9 Å². The first-order chi connectivity index (χ1) is 18.3. The Kier molecular flexibility index (Phi) is 6.16. The van der Waals surface area contributed by atoms with Crippen molar-refractivity contribution in [3.63, 3.8) is 0 Å². The average Bonchev–Trinajstić information content (AvgIpc) is 3.22. The van der Waals surface area contributed by atoms with Gasteiger partial charge < -0.3 is 19.5 Å². The smallest absolute Gasteiger partial charge is 0.410 e. The van der Waals surface area contributed by atoms with Crippen LogP contribution in [0.1, 0.15) is 83.0 Å². The van der Waals surface area contributed by atoms with E-state index in [9.17, 15) is 4.79 Å². The van der Waals surface area contributed by atoms with Crippen molar-refractivity contribution in [2.75, 3.05) is 11.9 Å². The summed E-state index contributed by atoms with van der Waals surface area (Å²) in [5, 5.41) is 5.53. The number of aromatic nitrogens is 5. The van der Waals surface area contributed by atoms with Gasteiger partial charge >= 0.3 is 6.09 Å². The van der Waals surface area contributed by atoms with Crippen LogP contribution in [0, 0.1) is 0 Å². The normalized spacial score (nSPS) is 18.5. The van der Waals surface area contributed by atoms with Crippen molar-refractivity contribution in [3.05, 3.63) is 48.0 Å². The zero-order valence-electron chi connectivity index (χ0n) is 22.6. The van der Waals surface area contributed by atoms with Crippen molar-refractivity contribution in [1.29, 1.82) is 0 Å². The summed E-state index contributed by atoms with van der Waals surface area (Å²) < 4.78 is 7.96. The summed E-state index contributed by atoms with van der Waals surface area (Å²) in [6, 6.07) is 6.44. The number of hydrogen-bond donors (Lipinski definition) is 1. The van der Waals surface area contributed by atoms with Gasteiger partial charge in [0.25, 0.3) is 0 Å². The molecule has 6 rings (SSSR count). The number of hydrogen-bond acceptors (Lipinski definition) is 7. The van der Waals surface area contributed by atoms with Gasteiger partial charge in [0.15, 0.2) is 0 Å². The molecule has 4 aromatic rings. The number of pyridine rings is 2. The fourth-order valence-corrected chi connectivity index (χ4v) is 5.84. The lowest BCUT2D eigenvalue weighted by Gasteiger charge is -2.33. The van der Waals surface area contributed by atoms with Crippen LogP contribution in [0.25, 0.3) is 21.9 Å². The van der Waals surface area contributed by atoms with E-state index in [-0.39, 0.29) is 12.0 Å². The molecule has 4 aromatic heterocycles. The predicted octanol–water partition coefficient (Wildman–Crippen LogP) is 6.48. The molecule has 1 unspecified atom stereocenters. The van der Waals surface area contributed by atoms with Crippen molar-refractivity contribution in [1.82, 2.24) is 29.4 Å². The molecule has 38 heavy (non-hydrogen) atoms. The largest absolute Gasteiger partial charge is 0.444 e. The Morgan fingerprint density at radius 2 is 1.87 bits per heavy atom. The van der Waals surface area contributed by atoms with E-state index in [0.29, 0.717) is 30.9 Å². The van der Waals surface area contributed by atoms with Crippen LogP contribution in [0.4, 0.5) is 16.6 Å². The van der Waals surface area contributed by atoms with Crippen molar-refractivity contribution in [3.8, 4) is 0 Å². The Balaban J connectivity index is 1.29. The Labute approximate surface area is 222 Å². The molecule has 1 saturated carbocycles. The molecule has 0 radical (unpaired) electrons. The molecule has 0 saturated heterocycles. The summed E-state index contributed by atoms with van der Waals surface area (Å²) in [5.41, 5.74) is 3.56. The number of carbonyl (C=O) groups excluding carboxylic acids is 1. The Morgan fingerprint density at radius 1 is 1.05 bits per heavy atom. The Bertz CT molecular complexity index is 1500. The number of fused-ring (bicyclic) bond motifs is 4. The van der Waals surface area contributed by atoms with E-state index in [4.69, 9.17) is 14.7 Å². The maximum Gasteiger partial charge on any atom is 0.410 e. The molecule has 1 atom stereocenters. The molecule has 0 spiro atoms. The summed E-state index contributed by atoms with van der Waals surface area (Å²) in [4.78, 5) is 33.3. The predicted molar refractivity (Wildman–Crippen MR) is 148 cm³/mol. The summed E-state index contributed by atoms with van der Waals surface area (Å²) in [6.45, 7) is 8.80. The van der Waals surface area contributed by atoms with Crippen molar-refractivity contribution in [2.24, 2.45) is 0 Å². The topological polar surface area (TPSA) is 98.1 Å². The van der Waals surface area contributed by atoms with Crippen molar-refractivity contribution >= 4 is 39.8 Å². The highest BCUT2D eigenvalue weighted by atomic mass is 16.6. The minimum absolute atomic E-state index is 0.0812. The number of nitrogens with one attached hydrogen (secondary N) is 1. The third-order valence-electron chi connectivity index (χ3n) is 7.51. The maximum absolute atomic E-state index is 12.6. The molecular weight excluding hydrogens is 478 g/mol. The lowest BCUT2D eigenvalue weighted by atomic mass is 9.95. The third-order valence-corrected chi connectivity index (χ3v) is 7.51. The van der Waals surface area contributed by atoms with Gasteiger partial charge in [-0.3, -0.25) is 4.98 Å². The fourth-order valence-electron chi connectivity index (χ4n) is 5.84. The van der Waals surface area contributed by atoms with Gasteiger partial charge in [-0.2, -0.15) is 4.98 Å². The monoisotopic (exact) mass is 513 g/mol. The molecule has 198 valence electrons.